The normalized spacial score (nSPS) is 23.1. The van der Waals surface area contributed by atoms with Gasteiger partial charge in [-0.1, -0.05) is 31.9 Å². The molecule has 1 aliphatic heterocycles. The molecule has 0 N–H and O–H groups in total. The molecule has 2 fully saturated rings. The Morgan fingerprint density at radius 3 is 2.07 bits per heavy atom. The van der Waals surface area contributed by atoms with Crippen LogP contribution in [0.5, 0.6) is 5.75 Å². The summed E-state index contributed by atoms with van der Waals surface area (Å²) in [6.07, 6.45) is 5.45. The zero-order valence-corrected chi connectivity index (χ0v) is 25.7. The van der Waals surface area contributed by atoms with Gasteiger partial charge in [-0.2, -0.15) is 0 Å². The molecule has 0 amide bonds. The predicted molar refractivity (Wildman–Crippen MR) is 157 cm³/mol. The van der Waals surface area contributed by atoms with Gasteiger partial charge in [0.2, 0.25) is 5.75 Å². The second-order valence-electron chi connectivity index (χ2n) is 12.3. The monoisotopic (exact) mass is 662 g/mol. The van der Waals surface area contributed by atoms with Crippen LogP contribution in [-0.2, 0) is 11.2 Å². The van der Waals surface area contributed by atoms with Crippen LogP contribution in [0, 0.1) is 35.1 Å². The molecule has 0 radical (unpaired) electrons. The van der Waals surface area contributed by atoms with Crippen molar-refractivity contribution in [2.75, 3.05) is 6.61 Å². The van der Waals surface area contributed by atoms with Gasteiger partial charge in [-0.3, -0.25) is 0 Å². The highest BCUT2D eigenvalue weighted by atomic mass is 19.4. The third-order valence-corrected chi connectivity index (χ3v) is 8.92. The topological polar surface area (TPSA) is 18.5 Å². The highest BCUT2D eigenvalue weighted by Crippen LogP contribution is 2.39. The molecule has 2 aromatic rings. The Morgan fingerprint density at radius 1 is 0.848 bits per heavy atom. The fraction of sp³-hybridized carbons (Fsp3) is 0.543. The minimum absolute atomic E-state index is 0.0833. The average molecular weight is 663 g/mol. The molecule has 1 saturated carbocycles. The minimum Gasteiger partial charge on any atom is -0.399 e. The summed E-state index contributed by atoms with van der Waals surface area (Å²) in [5.41, 5.74) is -0.287. The van der Waals surface area contributed by atoms with Crippen LogP contribution < -0.4 is 4.74 Å². The first-order chi connectivity index (χ1) is 21.8. The van der Waals surface area contributed by atoms with Crippen molar-refractivity contribution in [3.05, 3.63) is 82.2 Å². The Kier molecular flexibility index (Phi) is 12.7. The zero-order valence-electron chi connectivity index (χ0n) is 25.7. The van der Waals surface area contributed by atoms with Crippen molar-refractivity contribution in [1.82, 2.24) is 0 Å². The maximum absolute atomic E-state index is 14.7. The Bertz CT molecular complexity index is 1320. The van der Waals surface area contributed by atoms with Crippen LogP contribution in [-0.4, -0.2) is 19.1 Å². The molecule has 46 heavy (non-hydrogen) atoms. The van der Waals surface area contributed by atoms with Crippen molar-refractivity contribution in [2.24, 2.45) is 11.8 Å². The van der Waals surface area contributed by atoms with Crippen molar-refractivity contribution in [3.63, 3.8) is 0 Å². The van der Waals surface area contributed by atoms with Crippen LogP contribution in [0.2, 0.25) is 0 Å². The third-order valence-electron chi connectivity index (χ3n) is 8.92. The van der Waals surface area contributed by atoms with Gasteiger partial charge in [0.25, 0.3) is 0 Å². The van der Waals surface area contributed by atoms with Gasteiger partial charge >= 0.3 is 6.36 Å². The molecular formula is C35H39F9O2. The van der Waals surface area contributed by atoms with Crippen LogP contribution in [0.3, 0.4) is 0 Å². The number of rotatable bonds is 12. The summed E-state index contributed by atoms with van der Waals surface area (Å²) >= 11 is 0. The SMILES string of the molecule is CCCCC/C(F)=C(\F)c1cc(F)c(CCC2CCC(/C=C/C3CCC(c4cc(F)c(OC(F)(F)F)c(F)c4)CC3)OC2)c(F)c1. The number of allylic oxidation sites excluding steroid dienone is 2. The van der Waals surface area contributed by atoms with Crippen molar-refractivity contribution < 1.29 is 49.0 Å². The number of unbranched alkanes of at least 4 members (excludes halogenated alkanes) is 2. The van der Waals surface area contributed by atoms with E-state index in [2.05, 4.69) is 10.8 Å². The Labute approximate surface area is 263 Å². The number of hydrogen-bond donors (Lipinski definition) is 0. The fourth-order valence-corrected chi connectivity index (χ4v) is 6.27. The first-order valence-electron chi connectivity index (χ1n) is 15.9. The van der Waals surface area contributed by atoms with Gasteiger partial charge in [0.15, 0.2) is 17.5 Å². The molecule has 0 bridgehead atoms. The average Bonchev–Trinajstić information content (AvgIpc) is 3.01. The van der Waals surface area contributed by atoms with Gasteiger partial charge in [0, 0.05) is 17.5 Å². The maximum Gasteiger partial charge on any atom is 0.573 e. The number of halogens is 9. The molecule has 254 valence electrons. The van der Waals surface area contributed by atoms with E-state index in [0.29, 0.717) is 37.9 Å². The van der Waals surface area contributed by atoms with Gasteiger partial charge in [0.1, 0.15) is 17.5 Å². The van der Waals surface area contributed by atoms with Crippen LogP contribution in [0.25, 0.3) is 5.83 Å². The lowest BCUT2D eigenvalue weighted by Crippen LogP contribution is -2.25. The molecule has 2 aromatic carbocycles. The van der Waals surface area contributed by atoms with Gasteiger partial charge < -0.3 is 9.47 Å². The first-order valence-corrected chi connectivity index (χ1v) is 15.9. The summed E-state index contributed by atoms with van der Waals surface area (Å²) < 4.78 is 133. The fourth-order valence-electron chi connectivity index (χ4n) is 6.27. The molecule has 0 spiro atoms. The van der Waals surface area contributed by atoms with Crippen molar-refractivity contribution in [3.8, 4) is 5.75 Å². The summed E-state index contributed by atoms with van der Waals surface area (Å²) in [5.74, 6) is -8.14. The number of alkyl halides is 3. The lowest BCUT2D eigenvalue weighted by molar-refractivity contribution is -0.276. The van der Waals surface area contributed by atoms with E-state index in [1.165, 1.54) is 0 Å². The van der Waals surface area contributed by atoms with E-state index in [1.54, 1.807) is 0 Å². The standard InChI is InChI=1S/C35H39F9O2/c1-2-3-4-5-28(36)33(41)25-18-29(37)27(30(38)19-25)15-10-22-9-14-26(45-20-22)13-8-21-6-11-23(12-7-21)24-16-31(39)34(32(40)17-24)46-35(42,43)44/h8,13,16-19,21-23,26H,2-7,9-12,14-15,20H2,1H3/b13-8+,33-28+. The van der Waals surface area contributed by atoms with Crippen LogP contribution >= 0.6 is 0 Å². The van der Waals surface area contributed by atoms with Crippen molar-refractivity contribution >= 4 is 5.83 Å². The lowest BCUT2D eigenvalue weighted by Gasteiger charge is -2.29. The van der Waals surface area contributed by atoms with Crippen molar-refractivity contribution in [2.45, 2.75) is 102 Å². The highest BCUT2D eigenvalue weighted by Gasteiger charge is 2.35. The third kappa shape index (κ3) is 10.0. The maximum atomic E-state index is 14.7. The van der Waals surface area contributed by atoms with Crippen molar-refractivity contribution in [1.29, 1.82) is 0 Å². The number of hydrogen-bond acceptors (Lipinski definition) is 2. The minimum atomic E-state index is -5.19. The first kappa shape index (κ1) is 35.9. The Morgan fingerprint density at radius 2 is 1.50 bits per heavy atom. The van der Waals surface area contributed by atoms with E-state index >= 15 is 0 Å². The Balaban J connectivity index is 1.21. The largest absolute Gasteiger partial charge is 0.573 e. The molecule has 11 heteroatoms. The van der Waals surface area contributed by atoms with Crippen LogP contribution in [0.15, 0.2) is 42.2 Å². The van der Waals surface area contributed by atoms with Gasteiger partial charge in [-0.15, -0.1) is 13.2 Å². The second kappa shape index (κ2) is 16.2. The van der Waals surface area contributed by atoms with E-state index in [4.69, 9.17) is 4.74 Å². The molecule has 0 aromatic heterocycles. The van der Waals surface area contributed by atoms with Gasteiger partial charge in [-0.05, 0) is 105 Å². The second-order valence-corrected chi connectivity index (χ2v) is 12.3. The van der Waals surface area contributed by atoms with E-state index in [-0.39, 0.29) is 42.3 Å². The molecule has 1 aliphatic carbocycles. The summed E-state index contributed by atoms with van der Waals surface area (Å²) in [4.78, 5) is 0. The zero-order chi connectivity index (χ0) is 33.4. The molecule has 1 heterocycles. The molecule has 2 unspecified atom stereocenters. The molecular weight excluding hydrogens is 623 g/mol. The molecule has 4 rings (SSSR count). The number of benzene rings is 2. The molecule has 2 atom stereocenters. The summed E-state index contributed by atoms with van der Waals surface area (Å²) in [7, 11) is 0. The van der Waals surface area contributed by atoms with Crippen LogP contribution in [0.1, 0.15) is 100 Å². The smallest absolute Gasteiger partial charge is 0.399 e. The van der Waals surface area contributed by atoms with E-state index in [0.717, 1.165) is 62.8 Å². The van der Waals surface area contributed by atoms with Gasteiger partial charge in [0.05, 0.1) is 12.7 Å². The predicted octanol–water partition coefficient (Wildman–Crippen LogP) is 11.6. The van der Waals surface area contributed by atoms with Gasteiger partial charge in [-0.25, -0.2) is 26.3 Å². The molecule has 1 saturated heterocycles. The summed E-state index contributed by atoms with van der Waals surface area (Å²) in [5, 5.41) is 0. The summed E-state index contributed by atoms with van der Waals surface area (Å²) in [6, 6.07) is 3.50. The quantitative estimate of drug-likeness (QED) is 0.128. The van der Waals surface area contributed by atoms with Crippen LogP contribution in [0.4, 0.5) is 39.5 Å². The molecule has 2 aliphatic rings. The van der Waals surface area contributed by atoms with E-state index in [9.17, 15) is 39.5 Å². The Hall–Kier alpha value is -2.95. The lowest BCUT2D eigenvalue weighted by atomic mass is 9.78. The van der Waals surface area contributed by atoms with E-state index < -0.39 is 52.6 Å². The summed E-state index contributed by atoms with van der Waals surface area (Å²) in [6.45, 7) is 2.34. The molecule has 2 nitrogen and oxygen atoms in total. The number of ether oxygens (including phenoxy) is 2. The highest BCUT2D eigenvalue weighted by molar-refractivity contribution is 5.61. The van der Waals surface area contributed by atoms with E-state index in [1.807, 2.05) is 13.0 Å².